The van der Waals surface area contributed by atoms with Crippen molar-refractivity contribution in [3.63, 3.8) is 0 Å². The van der Waals surface area contributed by atoms with Crippen molar-refractivity contribution in [2.24, 2.45) is 11.5 Å². The normalized spacial score (nSPS) is 10.6. The van der Waals surface area contributed by atoms with E-state index in [0.29, 0.717) is 18.1 Å². The summed E-state index contributed by atoms with van der Waals surface area (Å²) >= 11 is 6.04. The molecule has 14 heavy (non-hydrogen) atoms. The lowest BCUT2D eigenvalue weighted by atomic mass is 10.2. The maximum atomic E-state index is 6.04. The van der Waals surface area contributed by atoms with Crippen LogP contribution in [0.2, 0.25) is 5.02 Å². The van der Waals surface area contributed by atoms with Gasteiger partial charge in [-0.05, 0) is 13.0 Å². The van der Waals surface area contributed by atoms with Crippen LogP contribution < -0.4 is 16.8 Å². The highest BCUT2D eigenvalue weighted by Crippen LogP contribution is 2.23. The van der Waals surface area contributed by atoms with Crippen molar-refractivity contribution in [1.82, 2.24) is 4.98 Å². The fraction of sp³-hybridized carbons (Fsp3) is 0.444. The van der Waals surface area contributed by atoms with Crippen molar-refractivity contribution in [1.29, 1.82) is 0 Å². The molecule has 0 aromatic carbocycles. The molecular weight excluding hydrogens is 200 g/mol. The summed E-state index contributed by atoms with van der Waals surface area (Å²) in [5.41, 5.74) is 12.7. The molecule has 0 unspecified atom stereocenters. The second-order valence-electron chi connectivity index (χ2n) is 3.07. The summed E-state index contributed by atoms with van der Waals surface area (Å²) < 4.78 is 0. The van der Waals surface area contributed by atoms with Crippen molar-refractivity contribution in [3.05, 3.63) is 23.0 Å². The largest absolute Gasteiger partial charge is 0.378 e. The van der Waals surface area contributed by atoms with Gasteiger partial charge in [0, 0.05) is 19.3 Å². The van der Waals surface area contributed by atoms with Crippen molar-refractivity contribution in [3.8, 4) is 0 Å². The lowest BCUT2D eigenvalue weighted by molar-refractivity contribution is 0.737. The summed E-state index contributed by atoms with van der Waals surface area (Å²) in [4.78, 5) is 4.06. The Labute approximate surface area is 88.6 Å². The van der Waals surface area contributed by atoms with Crippen molar-refractivity contribution in [2.45, 2.75) is 13.0 Å². The topological polar surface area (TPSA) is 77.0 Å². The molecule has 0 fully saturated rings. The zero-order valence-electron chi connectivity index (χ0n) is 8.13. The monoisotopic (exact) mass is 214 g/mol. The van der Waals surface area contributed by atoms with Crippen LogP contribution >= 0.6 is 11.6 Å². The van der Waals surface area contributed by atoms with Crippen molar-refractivity contribution in [2.75, 3.05) is 18.4 Å². The second-order valence-corrected chi connectivity index (χ2v) is 3.45. The van der Waals surface area contributed by atoms with E-state index in [1.807, 2.05) is 13.0 Å². The third kappa shape index (κ3) is 2.57. The first-order valence-corrected chi connectivity index (χ1v) is 4.84. The maximum Gasteiger partial charge on any atom is 0.0849 e. The minimum Gasteiger partial charge on any atom is -0.378 e. The molecule has 5 heteroatoms. The van der Waals surface area contributed by atoms with E-state index >= 15 is 0 Å². The molecule has 0 aliphatic heterocycles. The second kappa shape index (κ2) is 5.14. The van der Waals surface area contributed by atoms with Crippen LogP contribution in [0.15, 0.2) is 12.3 Å². The van der Waals surface area contributed by atoms with Crippen LogP contribution in [0.5, 0.6) is 0 Å². The molecule has 0 aliphatic rings. The average molecular weight is 215 g/mol. The van der Waals surface area contributed by atoms with Crippen LogP contribution in [0, 0.1) is 6.92 Å². The van der Waals surface area contributed by atoms with Crippen molar-refractivity contribution < 1.29 is 0 Å². The van der Waals surface area contributed by atoms with Gasteiger partial charge in [0.1, 0.15) is 0 Å². The summed E-state index contributed by atoms with van der Waals surface area (Å²) in [5, 5.41) is 3.79. The van der Waals surface area contributed by atoms with E-state index in [-0.39, 0.29) is 6.04 Å². The number of anilines is 1. The molecule has 0 bridgehead atoms. The third-order valence-electron chi connectivity index (χ3n) is 1.99. The predicted molar refractivity (Wildman–Crippen MR) is 59.5 cm³/mol. The van der Waals surface area contributed by atoms with E-state index in [0.717, 1.165) is 11.4 Å². The quantitative estimate of drug-likeness (QED) is 0.691. The number of aromatic nitrogens is 1. The van der Waals surface area contributed by atoms with Crippen LogP contribution in [0.1, 0.15) is 5.69 Å². The molecule has 1 heterocycles. The summed E-state index contributed by atoms with van der Waals surface area (Å²) in [6.07, 6.45) is 1.70. The highest BCUT2D eigenvalue weighted by molar-refractivity contribution is 6.33. The molecule has 5 N–H and O–H groups in total. The molecule has 0 saturated carbocycles. The summed E-state index contributed by atoms with van der Waals surface area (Å²) in [6.45, 7) is 2.82. The van der Waals surface area contributed by atoms with Gasteiger partial charge in [0.05, 0.1) is 22.4 Å². The Morgan fingerprint density at radius 1 is 1.50 bits per heavy atom. The molecule has 0 atom stereocenters. The zero-order chi connectivity index (χ0) is 10.6. The van der Waals surface area contributed by atoms with Gasteiger partial charge < -0.3 is 16.8 Å². The summed E-state index contributed by atoms with van der Waals surface area (Å²) in [5.74, 6) is 0. The van der Waals surface area contributed by atoms with Crippen molar-refractivity contribution >= 4 is 17.3 Å². The van der Waals surface area contributed by atoms with Gasteiger partial charge in [0.25, 0.3) is 0 Å². The highest BCUT2D eigenvalue weighted by Gasteiger charge is 2.08. The van der Waals surface area contributed by atoms with Gasteiger partial charge in [-0.1, -0.05) is 11.6 Å². The van der Waals surface area contributed by atoms with Gasteiger partial charge >= 0.3 is 0 Å². The number of nitrogens with zero attached hydrogens (tertiary/aromatic N) is 1. The van der Waals surface area contributed by atoms with E-state index in [2.05, 4.69) is 10.3 Å². The first kappa shape index (κ1) is 11.2. The Morgan fingerprint density at radius 2 is 2.14 bits per heavy atom. The summed E-state index contributed by atoms with van der Waals surface area (Å²) in [7, 11) is 0. The van der Waals surface area contributed by atoms with E-state index in [1.165, 1.54) is 0 Å². The van der Waals surface area contributed by atoms with Crippen LogP contribution in [0.25, 0.3) is 0 Å². The number of halogens is 1. The number of hydrogen-bond donors (Lipinski definition) is 3. The van der Waals surface area contributed by atoms with Crippen LogP contribution in [0.3, 0.4) is 0 Å². The van der Waals surface area contributed by atoms with E-state index < -0.39 is 0 Å². The van der Waals surface area contributed by atoms with Gasteiger partial charge in [0.15, 0.2) is 0 Å². The zero-order valence-corrected chi connectivity index (χ0v) is 8.88. The number of rotatable bonds is 4. The van der Waals surface area contributed by atoms with E-state index in [9.17, 15) is 0 Å². The molecule has 1 rings (SSSR count). The smallest absolute Gasteiger partial charge is 0.0849 e. The average Bonchev–Trinajstić information content (AvgIpc) is 2.20. The van der Waals surface area contributed by atoms with Gasteiger partial charge in [-0.15, -0.1) is 0 Å². The van der Waals surface area contributed by atoms with E-state index in [4.69, 9.17) is 23.1 Å². The standard InChI is InChI=1S/C9H15ClN4/c1-6-9(10)8(2-3-13-6)14-7(4-11)5-12/h2-3,7H,4-5,11-12H2,1H3,(H,13,14). The Bertz CT molecular complexity index is 299. The lowest BCUT2D eigenvalue weighted by Crippen LogP contribution is -2.36. The SMILES string of the molecule is Cc1nccc(NC(CN)CN)c1Cl. The van der Waals surface area contributed by atoms with Gasteiger partial charge in [-0.25, -0.2) is 0 Å². The first-order chi connectivity index (χ1) is 6.69. The first-order valence-electron chi connectivity index (χ1n) is 4.46. The molecule has 0 saturated heterocycles. The highest BCUT2D eigenvalue weighted by atomic mass is 35.5. The van der Waals surface area contributed by atoms with Gasteiger partial charge in [-0.3, -0.25) is 4.98 Å². The molecular formula is C9H15ClN4. The lowest BCUT2D eigenvalue weighted by Gasteiger charge is -2.17. The van der Waals surface area contributed by atoms with Gasteiger partial charge in [0.2, 0.25) is 0 Å². The molecule has 0 amide bonds. The molecule has 4 nitrogen and oxygen atoms in total. The maximum absolute atomic E-state index is 6.04. The fourth-order valence-electron chi connectivity index (χ4n) is 1.09. The van der Waals surface area contributed by atoms with Gasteiger partial charge in [-0.2, -0.15) is 0 Å². The molecule has 0 radical (unpaired) electrons. The number of hydrogen-bond acceptors (Lipinski definition) is 4. The number of nitrogens with one attached hydrogen (secondary N) is 1. The molecule has 0 spiro atoms. The minimum absolute atomic E-state index is 0.0503. The Hall–Kier alpha value is -0.840. The van der Waals surface area contributed by atoms with Crippen LogP contribution in [0.4, 0.5) is 5.69 Å². The number of aryl methyl sites for hydroxylation is 1. The number of nitrogens with two attached hydrogens (primary N) is 2. The van der Waals surface area contributed by atoms with Crippen LogP contribution in [-0.4, -0.2) is 24.1 Å². The number of pyridine rings is 1. The molecule has 0 aliphatic carbocycles. The Kier molecular flexibility index (Phi) is 4.13. The molecule has 78 valence electrons. The minimum atomic E-state index is 0.0503. The van der Waals surface area contributed by atoms with Crippen LogP contribution in [-0.2, 0) is 0 Å². The molecule has 1 aromatic rings. The Morgan fingerprint density at radius 3 is 2.71 bits per heavy atom. The Balaban J connectivity index is 2.80. The molecule has 1 aromatic heterocycles. The third-order valence-corrected chi connectivity index (χ3v) is 2.47. The summed E-state index contributed by atoms with van der Waals surface area (Å²) in [6, 6.07) is 1.86. The predicted octanol–water partition coefficient (Wildman–Crippen LogP) is 0.741. The fourth-order valence-corrected chi connectivity index (χ4v) is 1.26. The van der Waals surface area contributed by atoms with E-state index in [1.54, 1.807) is 6.20 Å².